The highest BCUT2D eigenvalue weighted by atomic mass is 16.5. The van der Waals surface area contributed by atoms with Gasteiger partial charge in [0.15, 0.2) is 6.61 Å². The van der Waals surface area contributed by atoms with Crippen molar-refractivity contribution in [2.45, 2.75) is 39.2 Å². The molecule has 1 aliphatic heterocycles. The van der Waals surface area contributed by atoms with Crippen LogP contribution in [0.15, 0.2) is 30.3 Å². The predicted molar refractivity (Wildman–Crippen MR) is 89.1 cm³/mol. The second-order valence-electron chi connectivity index (χ2n) is 6.42. The summed E-state index contributed by atoms with van der Waals surface area (Å²) in [6.07, 6.45) is 2.17. The molecule has 126 valence electrons. The van der Waals surface area contributed by atoms with Crippen molar-refractivity contribution < 1.29 is 14.3 Å². The Labute approximate surface area is 138 Å². The summed E-state index contributed by atoms with van der Waals surface area (Å²) in [5.74, 6) is 1.18. The van der Waals surface area contributed by atoms with Gasteiger partial charge in [0.1, 0.15) is 5.75 Å². The molecule has 5 nitrogen and oxygen atoms in total. The van der Waals surface area contributed by atoms with Crippen LogP contribution >= 0.6 is 0 Å². The van der Waals surface area contributed by atoms with Gasteiger partial charge >= 0.3 is 0 Å². The first-order valence-electron chi connectivity index (χ1n) is 8.29. The third kappa shape index (κ3) is 5.93. The normalized spacial score (nSPS) is 15.5. The molecule has 1 saturated heterocycles. The fourth-order valence-electron chi connectivity index (χ4n) is 2.68. The van der Waals surface area contributed by atoms with E-state index in [0.29, 0.717) is 31.2 Å². The maximum atomic E-state index is 12.2. The standard InChI is InChI=1S/C18H26N2O3/c1-14(2)12-17(21)19-15-8-10-20(11-9-15)18(22)13-23-16-6-4-3-5-7-16/h3-7,14-15H,8-13H2,1-2H3,(H,19,21). The van der Waals surface area contributed by atoms with E-state index in [4.69, 9.17) is 4.74 Å². The fraction of sp³-hybridized carbons (Fsp3) is 0.556. The molecule has 0 spiro atoms. The second kappa shape index (κ2) is 8.56. The molecule has 2 rings (SSSR count). The summed E-state index contributed by atoms with van der Waals surface area (Å²) < 4.78 is 5.50. The van der Waals surface area contributed by atoms with E-state index in [1.54, 1.807) is 0 Å². The van der Waals surface area contributed by atoms with Crippen molar-refractivity contribution in [3.63, 3.8) is 0 Å². The van der Waals surface area contributed by atoms with Crippen LogP contribution < -0.4 is 10.1 Å². The van der Waals surface area contributed by atoms with Gasteiger partial charge in [-0.05, 0) is 30.9 Å². The number of hydrogen-bond donors (Lipinski definition) is 1. The van der Waals surface area contributed by atoms with Crippen molar-refractivity contribution in [3.8, 4) is 5.75 Å². The molecule has 1 aromatic carbocycles. The smallest absolute Gasteiger partial charge is 0.260 e. The number of piperidine rings is 1. The Morgan fingerprint density at radius 1 is 1.22 bits per heavy atom. The number of hydrogen-bond acceptors (Lipinski definition) is 3. The number of benzene rings is 1. The molecule has 1 N–H and O–H groups in total. The number of nitrogens with zero attached hydrogens (tertiary/aromatic N) is 1. The first-order chi connectivity index (χ1) is 11.0. The lowest BCUT2D eigenvalue weighted by Gasteiger charge is -2.32. The minimum atomic E-state index is 0.000750. The molecule has 2 amide bonds. The Balaban J connectivity index is 1.69. The zero-order valence-electron chi connectivity index (χ0n) is 14.0. The van der Waals surface area contributed by atoms with Crippen molar-refractivity contribution in [1.82, 2.24) is 10.2 Å². The molecule has 0 aromatic heterocycles. The molecular formula is C18H26N2O3. The molecular weight excluding hydrogens is 292 g/mol. The summed E-state index contributed by atoms with van der Waals surface area (Å²) in [4.78, 5) is 25.8. The SMILES string of the molecule is CC(C)CC(=O)NC1CCN(C(=O)COc2ccccc2)CC1. The van der Waals surface area contributed by atoms with Crippen molar-refractivity contribution in [3.05, 3.63) is 30.3 Å². The van der Waals surface area contributed by atoms with Crippen molar-refractivity contribution in [2.24, 2.45) is 5.92 Å². The number of amides is 2. The third-order valence-electron chi connectivity index (χ3n) is 3.91. The van der Waals surface area contributed by atoms with Gasteiger partial charge in [-0.3, -0.25) is 9.59 Å². The van der Waals surface area contributed by atoms with Gasteiger partial charge in [0.2, 0.25) is 5.91 Å². The van der Waals surface area contributed by atoms with E-state index in [9.17, 15) is 9.59 Å². The lowest BCUT2D eigenvalue weighted by molar-refractivity contribution is -0.134. The molecule has 0 aliphatic carbocycles. The van der Waals surface area contributed by atoms with Gasteiger partial charge in [0.05, 0.1) is 0 Å². The Kier molecular flexibility index (Phi) is 6.44. The Morgan fingerprint density at radius 2 is 1.87 bits per heavy atom. The predicted octanol–water partition coefficient (Wildman–Crippen LogP) is 2.22. The minimum absolute atomic E-state index is 0.000750. The Hall–Kier alpha value is -2.04. The molecule has 1 aliphatic rings. The molecule has 0 unspecified atom stereocenters. The van der Waals surface area contributed by atoms with Crippen LogP contribution in [0.4, 0.5) is 0 Å². The Bertz CT molecular complexity index is 508. The second-order valence-corrected chi connectivity index (χ2v) is 6.42. The third-order valence-corrected chi connectivity index (χ3v) is 3.91. The van der Waals surface area contributed by atoms with Crippen LogP contribution in [0, 0.1) is 5.92 Å². The first-order valence-corrected chi connectivity index (χ1v) is 8.29. The van der Waals surface area contributed by atoms with Crippen LogP contribution in [0.1, 0.15) is 33.1 Å². The molecule has 23 heavy (non-hydrogen) atoms. The summed E-state index contributed by atoms with van der Waals surface area (Å²) in [5, 5.41) is 3.06. The molecule has 5 heteroatoms. The molecule has 1 aromatic rings. The largest absolute Gasteiger partial charge is 0.484 e. The highest BCUT2D eigenvalue weighted by molar-refractivity contribution is 5.78. The Morgan fingerprint density at radius 3 is 2.48 bits per heavy atom. The van der Waals surface area contributed by atoms with Crippen LogP contribution in [0.25, 0.3) is 0 Å². The highest BCUT2D eigenvalue weighted by Gasteiger charge is 2.24. The van der Waals surface area contributed by atoms with Crippen LogP contribution in [-0.4, -0.2) is 42.5 Å². The molecule has 0 bridgehead atoms. The molecule has 0 radical (unpaired) electrons. The van der Waals surface area contributed by atoms with Crippen LogP contribution in [-0.2, 0) is 9.59 Å². The number of carbonyl (C=O) groups excluding carboxylic acids is 2. The number of rotatable bonds is 6. The average molecular weight is 318 g/mol. The van der Waals surface area contributed by atoms with Crippen LogP contribution in [0.5, 0.6) is 5.75 Å². The lowest BCUT2D eigenvalue weighted by Crippen LogP contribution is -2.47. The van der Waals surface area contributed by atoms with E-state index in [0.717, 1.165) is 12.8 Å². The maximum absolute atomic E-state index is 12.2. The van der Waals surface area contributed by atoms with Crippen LogP contribution in [0.2, 0.25) is 0 Å². The summed E-state index contributed by atoms with van der Waals surface area (Å²) in [6.45, 7) is 5.47. The topological polar surface area (TPSA) is 58.6 Å². The van der Waals surface area contributed by atoms with Crippen molar-refractivity contribution >= 4 is 11.8 Å². The average Bonchev–Trinajstić information content (AvgIpc) is 2.53. The first kappa shape index (κ1) is 17.3. The van der Waals surface area contributed by atoms with Gasteiger partial charge in [0.25, 0.3) is 5.91 Å². The van der Waals surface area contributed by atoms with Gasteiger partial charge < -0.3 is 15.0 Å². The summed E-state index contributed by atoms with van der Waals surface area (Å²) in [6, 6.07) is 9.52. The summed E-state index contributed by atoms with van der Waals surface area (Å²) >= 11 is 0. The monoisotopic (exact) mass is 318 g/mol. The molecule has 0 atom stereocenters. The van der Waals surface area contributed by atoms with Gasteiger partial charge in [0, 0.05) is 25.6 Å². The summed E-state index contributed by atoms with van der Waals surface area (Å²) in [5.41, 5.74) is 0. The van der Waals surface area contributed by atoms with Gasteiger partial charge in [-0.15, -0.1) is 0 Å². The van der Waals surface area contributed by atoms with E-state index >= 15 is 0 Å². The minimum Gasteiger partial charge on any atom is -0.484 e. The van der Waals surface area contributed by atoms with E-state index in [1.165, 1.54) is 0 Å². The van der Waals surface area contributed by atoms with E-state index < -0.39 is 0 Å². The quantitative estimate of drug-likeness (QED) is 0.875. The number of para-hydroxylation sites is 1. The number of ether oxygens (including phenoxy) is 1. The molecule has 1 fully saturated rings. The molecule has 1 heterocycles. The number of likely N-dealkylation sites (tertiary alicyclic amines) is 1. The van der Waals surface area contributed by atoms with E-state index in [-0.39, 0.29) is 24.5 Å². The number of nitrogens with one attached hydrogen (secondary N) is 1. The van der Waals surface area contributed by atoms with Gasteiger partial charge in [-0.25, -0.2) is 0 Å². The fourth-order valence-corrected chi connectivity index (χ4v) is 2.68. The number of carbonyl (C=O) groups is 2. The van der Waals surface area contributed by atoms with Gasteiger partial charge in [-0.2, -0.15) is 0 Å². The van der Waals surface area contributed by atoms with E-state index in [2.05, 4.69) is 5.32 Å². The van der Waals surface area contributed by atoms with Crippen LogP contribution in [0.3, 0.4) is 0 Å². The highest BCUT2D eigenvalue weighted by Crippen LogP contribution is 2.13. The zero-order chi connectivity index (χ0) is 16.7. The molecule has 0 saturated carbocycles. The van der Waals surface area contributed by atoms with Crippen molar-refractivity contribution in [1.29, 1.82) is 0 Å². The van der Waals surface area contributed by atoms with Gasteiger partial charge in [-0.1, -0.05) is 32.0 Å². The summed E-state index contributed by atoms with van der Waals surface area (Å²) in [7, 11) is 0. The van der Waals surface area contributed by atoms with Crippen molar-refractivity contribution in [2.75, 3.05) is 19.7 Å². The van der Waals surface area contributed by atoms with E-state index in [1.807, 2.05) is 49.1 Å². The zero-order valence-corrected chi connectivity index (χ0v) is 14.0. The maximum Gasteiger partial charge on any atom is 0.260 e. The lowest BCUT2D eigenvalue weighted by atomic mass is 10.0.